The third-order valence-corrected chi connectivity index (χ3v) is 7.83. The van der Waals surface area contributed by atoms with Crippen molar-refractivity contribution in [1.82, 2.24) is 9.80 Å². The molecule has 0 N–H and O–H groups in total. The number of rotatable bonds is 4. The van der Waals surface area contributed by atoms with E-state index < -0.39 is 47.4 Å². The highest BCUT2D eigenvalue weighted by atomic mass is 19.4. The van der Waals surface area contributed by atoms with E-state index in [2.05, 4.69) is 0 Å². The zero-order chi connectivity index (χ0) is 28.7. The molecule has 0 aromatic heterocycles. The molecule has 1 saturated heterocycles. The fraction of sp³-hybridized carbons (Fsp3) is 0.500. The smallest absolute Gasteiger partial charge is 0.340 e. The van der Waals surface area contributed by atoms with E-state index >= 15 is 0 Å². The van der Waals surface area contributed by atoms with Gasteiger partial charge in [-0.3, -0.25) is 9.69 Å². The molecule has 0 bridgehead atoms. The first-order valence-corrected chi connectivity index (χ1v) is 12.8. The van der Waals surface area contributed by atoms with Crippen LogP contribution in [0, 0.1) is 18.7 Å². The Morgan fingerprint density at radius 1 is 0.974 bits per heavy atom. The summed E-state index contributed by atoms with van der Waals surface area (Å²) in [5.41, 5.74) is 0.206. The Kier molecular flexibility index (Phi) is 7.91. The summed E-state index contributed by atoms with van der Waals surface area (Å²) in [6.07, 6.45) is -5.16. The number of likely N-dealkylation sites (N-methyl/N-ethyl adjacent to an activating group) is 1. The molecule has 1 saturated carbocycles. The lowest BCUT2D eigenvalue weighted by Gasteiger charge is -2.33. The Bertz CT molecular complexity index is 1210. The highest BCUT2D eigenvalue weighted by Crippen LogP contribution is 2.39. The first kappa shape index (κ1) is 28.8. The predicted molar refractivity (Wildman–Crippen MR) is 134 cm³/mol. The van der Waals surface area contributed by atoms with Gasteiger partial charge in [0.25, 0.3) is 0 Å². The monoisotopic (exact) mass is 555 g/mol. The van der Waals surface area contributed by atoms with Crippen molar-refractivity contribution in [2.75, 3.05) is 32.1 Å². The summed E-state index contributed by atoms with van der Waals surface area (Å²) in [6, 6.07) is 7.90. The van der Waals surface area contributed by atoms with Crippen LogP contribution in [0.3, 0.4) is 0 Å². The highest BCUT2D eigenvalue weighted by molar-refractivity contribution is 5.92. The Balaban J connectivity index is 1.58. The van der Waals surface area contributed by atoms with Crippen LogP contribution in [0.25, 0.3) is 0 Å². The molecule has 2 atom stereocenters. The van der Waals surface area contributed by atoms with Gasteiger partial charge in [-0.2, -0.15) is 13.2 Å². The number of halogens is 6. The average Bonchev–Trinajstić information content (AvgIpc) is 3.32. The van der Waals surface area contributed by atoms with Crippen molar-refractivity contribution >= 4 is 17.6 Å². The maximum Gasteiger partial charge on any atom is 0.416 e. The zero-order valence-electron chi connectivity index (χ0n) is 21.9. The molecule has 2 aliphatic rings. The zero-order valence-corrected chi connectivity index (χ0v) is 21.9. The van der Waals surface area contributed by atoms with E-state index in [4.69, 9.17) is 0 Å². The first-order valence-electron chi connectivity index (χ1n) is 12.8. The number of nitrogens with zero attached hydrogens (tertiary/aromatic N) is 3. The SMILES string of the molecule is Cc1cc(N(C)C(=O)N(C)[C@@H]2CN(C(=O)C3CCC(F)(F)CC3)C[C@H]2c2ccc(F)cc2)cc(C(F)(F)F)c1. The third-order valence-electron chi connectivity index (χ3n) is 7.83. The second kappa shape index (κ2) is 10.7. The molecule has 4 rings (SSSR count). The van der Waals surface area contributed by atoms with E-state index in [1.165, 1.54) is 44.1 Å². The highest BCUT2D eigenvalue weighted by Gasteiger charge is 2.44. The number of hydrogen-bond donors (Lipinski definition) is 0. The summed E-state index contributed by atoms with van der Waals surface area (Å²) < 4.78 is 81.1. The Labute approximate surface area is 223 Å². The molecule has 1 aliphatic carbocycles. The number of carbonyl (C=O) groups excluding carboxylic acids is 2. The summed E-state index contributed by atoms with van der Waals surface area (Å²) in [6.45, 7) is 1.82. The molecule has 0 radical (unpaired) electrons. The van der Waals surface area contributed by atoms with E-state index in [-0.39, 0.29) is 50.4 Å². The van der Waals surface area contributed by atoms with Crippen LogP contribution < -0.4 is 4.90 Å². The number of carbonyl (C=O) groups is 2. The van der Waals surface area contributed by atoms with Crippen LogP contribution in [-0.4, -0.2) is 60.9 Å². The minimum absolute atomic E-state index is 0.0616. The van der Waals surface area contributed by atoms with E-state index in [9.17, 15) is 35.9 Å². The standard InChI is InChI=1S/C28H31F6N3O2/c1-17-12-20(28(32,33)34)14-22(13-17)35(2)26(39)36(3)24-16-37(15-23(24)18-4-6-21(29)7-5-18)25(38)19-8-10-27(30,31)11-9-19/h4-7,12-14,19,23-24H,8-11,15-16H2,1-3H3/t23-,24+/m0/s1. The van der Waals surface area contributed by atoms with E-state index in [1.807, 2.05) is 0 Å². The lowest BCUT2D eigenvalue weighted by atomic mass is 9.86. The molecule has 39 heavy (non-hydrogen) atoms. The fourth-order valence-electron chi connectivity index (χ4n) is 5.55. The lowest BCUT2D eigenvalue weighted by molar-refractivity contribution is -0.139. The van der Waals surface area contributed by atoms with Gasteiger partial charge in [-0.1, -0.05) is 12.1 Å². The normalized spacial score (nSPS) is 21.6. The van der Waals surface area contributed by atoms with Crippen LogP contribution in [0.5, 0.6) is 0 Å². The summed E-state index contributed by atoms with van der Waals surface area (Å²) in [5, 5.41) is 0. The molecule has 2 aromatic rings. The number of amides is 3. The van der Waals surface area contributed by atoms with Gasteiger partial charge in [0.05, 0.1) is 11.6 Å². The quantitative estimate of drug-likeness (QED) is 0.407. The largest absolute Gasteiger partial charge is 0.416 e. The van der Waals surface area contributed by atoms with Crippen LogP contribution in [-0.2, 0) is 11.0 Å². The van der Waals surface area contributed by atoms with Crippen molar-refractivity contribution in [3.05, 3.63) is 65.0 Å². The van der Waals surface area contributed by atoms with E-state index in [0.29, 0.717) is 11.1 Å². The van der Waals surface area contributed by atoms with Crippen molar-refractivity contribution in [2.45, 2.75) is 56.7 Å². The van der Waals surface area contributed by atoms with Crippen molar-refractivity contribution in [1.29, 1.82) is 0 Å². The van der Waals surface area contributed by atoms with Crippen LogP contribution in [0.2, 0.25) is 0 Å². The number of benzene rings is 2. The molecule has 0 unspecified atom stereocenters. The molecule has 1 aliphatic heterocycles. The maximum absolute atomic E-state index is 13.7. The van der Waals surface area contributed by atoms with Crippen LogP contribution in [0.1, 0.15) is 48.3 Å². The predicted octanol–water partition coefficient (Wildman–Crippen LogP) is 6.46. The van der Waals surface area contributed by atoms with Crippen molar-refractivity contribution in [3.8, 4) is 0 Å². The molecule has 11 heteroatoms. The summed E-state index contributed by atoms with van der Waals surface area (Å²) >= 11 is 0. The second-order valence-electron chi connectivity index (χ2n) is 10.6. The molecule has 212 valence electrons. The van der Waals surface area contributed by atoms with Crippen molar-refractivity contribution < 1.29 is 35.9 Å². The van der Waals surface area contributed by atoms with E-state index in [0.717, 1.165) is 17.0 Å². The van der Waals surface area contributed by atoms with Crippen molar-refractivity contribution in [3.63, 3.8) is 0 Å². The number of hydrogen-bond acceptors (Lipinski definition) is 2. The Hall–Kier alpha value is -3.24. The van der Waals surface area contributed by atoms with Crippen LogP contribution in [0.4, 0.5) is 36.8 Å². The minimum atomic E-state index is -4.58. The topological polar surface area (TPSA) is 43.9 Å². The number of alkyl halides is 5. The molecule has 2 aromatic carbocycles. The number of aryl methyl sites for hydroxylation is 1. The van der Waals surface area contributed by atoms with Crippen LogP contribution in [0.15, 0.2) is 42.5 Å². The molecule has 2 fully saturated rings. The van der Waals surface area contributed by atoms with Gasteiger partial charge in [0.15, 0.2) is 0 Å². The van der Waals surface area contributed by atoms with Gasteiger partial charge < -0.3 is 9.80 Å². The minimum Gasteiger partial charge on any atom is -0.340 e. The van der Waals surface area contributed by atoms with Crippen molar-refractivity contribution in [2.24, 2.45) is 5.92 Å². The molecule has 1 heterocycles. The fourth-order valence-corrected chi connectivity index (χ4v) is 5.55. The molecule has 0 spiro atoms. The van der Waals surface area contributed by atoms with Gasteiger partial charge in [-0.05, 0) is 61.2 Å². The van der Waals surface area contributed by atoms with Gasteiger partial charge in [-0.15, -0.1) is 0 Å². The van der Waals surface area contributed by atoms with Gasteiger partial charge >= 0.3 is 12.2 Å². The van der Waals surface area contributed by atoms with Crippen LogP contribution >= 0.6 is 0 Å². The van der Waals surface area contributed by atoms with E-state index in [1.54, 1.807) is 17.0 Å². The third kappa shape index (κ3) is 6.33. The average molecular weight is 556 g/mol. The first-order chi connectivity index (χ1) is 18.2. The molecular weight excluding hydrogens is 524 g/mol. The lowest BCUT2D eigenvalue weighted by Crippen LogP contribution is -2.48. The van der Waals surface area contributed by atoms with Gasteiger partial charge in [0.2, 0.25) is 11.8 Å². The molecule has 3 amide bonds. The number of anilines is 1. The Morgan fingerprint density at radius 3 is 2.18 bits per heavy atom. The second-order valence-corrected chi connectivity index (χ2v) is 10.6. The summed E-state index contributed by atoms with van der Waals surface area (Å²) in [5.74, 6) is -4.45. The number of likely N-dealkylation sites (tertiary alicyclic amines) is 1. The number of urea groups is 1. The molecule has 5 nitrogen and oxygen atoms in total. The van der Waals surface area contributed by atoms with Gasteiger partial charge in [-0.25, -0.2) is 18.0 Å². The van der Waals surface area contributed by atoms with Gasteiger partial charge in [0.1, 0.15) is 5.82 Å². The van der Waals surface area contributed by atoms with Gasteiger partial charge in [0, 0.05) is 57.5 Å². The summed E-state index contributed by atoms with van der Waals surface area (Å²) in [4.78, 5) is 30.9. The molecular formula is C28H31F6N3O2. The Morgan fingerprint density at radius 2 is 1.59 bits per heavy atom. The summed E-state index contributed by atoms with van der Waals surface area (Å²) in [7, 11) is 2.89. The maximum atomic E-state index is 13.7.